The first-order valence-corrected chi connectivity index (χ1v) is 8.45. The van der Waals surface area contributed by atoms with E-state index in [1.807, 2.05) is 37.3 Å². The van der Waals surface area contributed by atoms with Gasteiger partial charge in [0.05, 0.1) is 6.61 Å². The van der Waals surface area contributed by atoms with Crippen molar-refractivity contribution in [3.63, 3.8) is 0 Å². The minimum atomic E-state index is -0.855. The van der Waals surface area contributed by atoms with E-state index in [9.17, 15) is 9.59 Å². The van der Waals surface area contributed by atoms with Crippen LogP contribution in [0.25, 0.3) is 0 Å². The van der Waals surface area contributed by atoms with Gasteiger partial charge in [0.25, 0.3) is 0 Å². The summed E-state index contributed by atoms with van der Waals surface area (Å²) >= 11 is 0. The van der Waals surface area contributed by atoms with Gasteiger partial charge in [-0.15, -0.1) is 0 Å². The van der Waals surface area contributed by atoms with Gasteiger partial charge in [-0.2, -0.15) is 0 Å². The Morgan fingerprint density at radius 3 is 2.67 bits per heavy atom. The van der Waals surface area contributed by atoms with Crippen LogP contribution in [0, 0.1) is 5.92 Å². The first-order valence-electron chi connectivity index (χ1n) is 8.45. The van der Waals surface area contributed by atoms with Crippen LogP contribution in [0.15, 0.2) is 30.3 Å². The van der Waals surface area contributed by atoms with Gasteiger partial charge >= 0.3 is 12.0 Å². The summed E-state index contributed by atoms with van der Waals surface area (Å²) in [6, 6.07) is 9.33. The van der Waals surface area contributed by atoms with E-state index in [-0.39, 0.29) is 24.5 Å². The quantitative estimate of drug-likeness (QED) is 0.680. The van der Waals surface area contributed by atoms with Crippen molar-refractivity contribution in [3.8, 4) is 0 Å². The zero-order valence-corrected chi connectivity index (χ0v) is 14.0. The molecular weight excluding hydrogens is 308 g/mol. The molecule has 0 aliphatic carbocycles. The van der Waals surface area contributed by atoms with Gasteiger partial charge in [-0.3, -0.25) is 4.79 Å². The Bertz CT molecular complexity index is 529. The predicted octanol–water partition coefficient (Wildman–Crippen LogP) is 2.19. The van der Waals surface area contributed by atoms with Crippen LogP contribution in [-0.2, 0) is 16.0 Å². The van der Waals surface area contributed by atoms with Crippen molar-refractivity contribution in [1.29, 1.82) is 0 Å². The highest BCUT2D eigenvalue weighted by Gasteiger charge is 2.24. The van der Waals surface area contributed by atoms with Crippen molar-refractivity contribution in [3.05, 3.63) is 35.9 Å². The molecule has 3 N–H and O–H groups in total. The van der Waals surface area contributed by atoms with Gasteiger partial charge in [0, 0.05) is 31.0 Å². The van der Waals surface area contributed by atoms with E-state index >= 15 is 0 Å². The Balaban J connectivity index is 1.88. The smallest absolute Gasteiger partial charge is 0.315 e. The number of carboxylic acids is 1. The average molecular weight is 334 g/mol. The van der Waals surface area contributed by atoms with Crippen molar-refractivity contribution in [2.24, 2.45) is 5.92 Å². The number of carboxylic acid groups (broad SMARTS) is 1. The molecule has 0 radical (unpaired) electrons. The third-order valence-electron chi connectivity index (χ3n) is 4.40. The van der Waals surface area contributed by atoms with Gasteiger partial charge < -0.3 is 20.5 Å². The standard InChI is InChI=1S/C18H26N2O4/c1-13(15-9-10-24-12-15)19-18(23)20-16(7-8-17(21)22)11-14-5-3-2-4-6-14/h2-6,13,15-16H,7-12H2,1H3,(H,21,22)(H2,19,20,23). The van der Waals surface area contributed by atoms with Gasteiger partial charge in [-0.1, -0.05) is 30.3 Å². The number of hydrogen-bond donors (Lipinski definition) is 3. The second-order valence-corrected chi connectivity index (χ2v) is 6.35. The van der Waals surface area contributed by atoms with Crippen LogP contribution in [0.1, 0.15) is 31.7 Å². The number of nitrogens with one attached hydrogen (secondary N) is 2. The number of aliphatic carboxylic acids is 1. The number of hydrogen-bond acceptors (Lipinski definition) is 3. The fourth-order valence-corrected chi connectivity index (χ4v) is 2.92. The fourth-order valence-electron chi connectivity index (χ4n) is 2.92. The van der Waals surface area contributed by atoms with Crippen LogP contribution in [0.4, 0.5) is 4.79 Å². The molecule has 2 rings (SSSR count). The molecule has 3 unspecified atom stereocenters. The highest BCUT2D eigenvalue weighted by atomic mass is 16.5. The molecule has 1 aliphatic rings. The maximum atomic E-state index is 12.2. The van der Waals surface area contributed by atoms with Crippen molar-refractivity contribution >= 4 is 12.0 Å². The average Bonchev–Trinajstić information content (AvgIpc) is 3.08. The highest BCUT2D eigenvalue weighted by Crippen LogP contribution is 2.16. The van der Waals surface area contributed by atoms with Gasteiger partial charge in [0.15, 0.2) is 0 Å². The zero-order valence-electron chi connectivity index (χ0n) is 14.0. The van der Waals surface area contributed by atoms with Crippen LogP contribution >= 0.6 is 0 Å². The molecular formula is C18H26N2O4. The second-order valence-electron chi connectivity index (χ2n) is 6.35. The van der Waals surface area contributed by atoms with E-state index in [1.165, 1.54) is 0 Å². The SMILES string of the molecule is CC(NC(=O)NC(CCC(=O)O)Cc1ccccc1)C1CCOC1. The van der Waals surface area contributed by atoms with E-state index < -0.39 is 5.97 Å². The number of benzene rings is 1. The molecule has 0 aromatic heterocycles. The van der Waals surface area contributed by atoms with Gasteiger partial charge in [0.2, 0.25) is 0 Å². The summed E-state index contributed by atoms with van der Waals surface area (Å²) in [6.07, 6.45) is 2.00. The lowest BCUT2D eigenvalue weighted by Crippen LogP contribution is -2.48. The Morgan fingerprint density at radius 2 is 2.04 bits per heavy atom. The number of urea groups is 1. The topological polar surface area (TPSA) is 87.7 Å². The van der Waals surface area contributed by atoms with E-state index in [4.69, 9.17) is 9.84 Å². The number of ether oxygens (including phenoxy) is 1. The van der Waals surface area contributed by atoms with Gasteiger partial charge in [-0.05, 0) is 31.7 Å². The lowest BCUT2D eigenvalue weighted by atomic mass is 10.0. The summed E-state index contributed by atoms with van der Waals surface area (Å²) in [4.78, 5) is 23.1. The predicted molar refractivity (Wildman–Crippen MR) is 90.9 cm³/mol. The lowest BCUT2D eigenvalue weighted by molar-refractivity contribution is -0.137. The van der Waals surface area contributed by atoms with Crippen LogP contribution in [-0.4, -0.2) is 42.4 Å². The molecule has 1 aromatic carbocycles. The molecule has 1 heterocycles. The van der Waals surface area contributed by atoms with Gasteiger partial charge in [-0.25, -0.2) is 4.79 Å². The maximum Gasteiger partial charge on any atom is 0.315 e. The minimum Gasteiger partial charge on any atom is -0.481 e. The lowest BCUT2D eigenvalue weighted by Gasteiger charge is -2.23. The van der Waals surface area contributed by atoms with Gasteiger partial charge in [0.1, 0.15) is 0 Å². The number of rotatable bonds is 8. The maximum absolute atomic E-state index is 12.2. The molecule has 6 nitrogen and oxygen atoms in total. The first-order chi connectivity index (χ1) is 11.5. The highest BCUT2D eigenvalue weighted by molar-refractivity contribution is 5.74. The van der Waals surface area contributed by atoms with Crippen LogP contribution in [0.5, 0.6) is 0 Å². The van der Waals surface area contributed by atoms with E-state index in [1.54, 1.807) is 0 Å². The molecule has 0 saturated carbocycles. The number of amides is 2. The normalized spacial score (nSPS) is 19.5. The summed E-state index contributed by atoms with van der Waals surface area (Å²) in [5.74, 6) is -0.519. The fraction of sp³-hybridized carbons (Fsp3) is 0.556. The Morgan fingerprint density at radius 1 is 1.29 bits per heavy atom. The summed E-state index contributed by atoms with van der Waals surface area (Å²) in [5, 5.41) is 14.8. The summed E-state index contributed by atoms with van der Waals surface area (Å²) in [5.41, 5.74) is 1.07. The third kappa shape index (κ3) is 6.20. The van der Waals surface area contributed by atoms with Crippen LogP contribution in [0.3, 0.4) is 0 Å². The third-order valence-corrected chi connectivity index (χ3v) is 4.40. The van der Waals surface area contributed by atoms with Crippen LogP contribution < -0.4 is 10.6 Å². The number of carbonyl (C=O) groups excluding carboxylic acids is 1. The molecule has 1 saturated heterocycles. The van der Waals surface area contributed by atoms with E-state index in [0.29, 0.717) is 25.4 Å². The molecule has 132 valence electrons. The second kappa shape index (κ2) is 9.27. The minimum absolute atomic E-state index is 0.0315. The first kappa shape index (κ1) is 18.3. The summed E-state index contributed by atoms with van der Waals surface area (Å²) in [6.45, 7) is 3.39. The van der Waals surface area contributed by atoms with Crippen molar-refractivity contribution in [2.45, 2.75) is 44.7 Å². The molecule has 1 fully saturated rings. The molecule has 0 spiro atoms. The summed E-state index contributed by atoms with van der Waals surface area (Å²) < 4.78 is 5.35. The van der Waals surface area contributed by atoms with Crippen LogP contribution in [0.2, 0.25) is 0 Å². The molecule has 1 aromatic rings. The monoisotopic (exact) mass is 334 g/mol. The van der Waals surface area contributed by atoms with Crippen molar-refractivity contribution < 1.29 is 19.4 Å². The number of carbonyl (C=O) groups is 2. The van der Waals surface area contributed by atoms with Crippen molar-refractivity contribution in [1.82, 2.24) is 10.6 Å². The Hall–Kier alpha value is -2.08. The molecule has 24 heavy (non-hydrogen) atoms. The van der Waals surface area contributed by atoms with Crippen molar-refractivity contribution in [2.75, 3.05) is 13.2 Å². The Kier molecular flexibility index (Phi) is 7.06. The summed E-state index contributed by atoms with van der Waals surface area (Å²) in [7, 11) is 0. The molecule has 0 bridgehead atoms. The Labute approximate surface area is 142 Å². The molecule has 6 heteroatoms. The zero-order chi connectivity index (χ0) is 17.4. The molecule has 2 amide bonds. The van der Waals surface area contributed by atoms with E-state index in [0.717, 1.165) is 18.6 Å². The molecule has 3 atom stereocenters. The molecule has 1 aliphatic heterocycles. The largest absolute Gasteiger partial charge is 0.481 e. The van der Waals surface area contributed by atoms with E-state index in [2.05, 4.69) is 10.6 Å².